The lowest BCUT2D eigenvalue weighted by atomic mass is 9.64. The van der Waals surface area contributed by atoms with E-state index in [1.165, 1.54) is 12.1 Å². The van der Waals surface area contributed by atoms with Crippen LogP contribution >= 0.6 is 0 Å². The molecule has 0 nitrogen and oxygen atoms in total. The lowest BCUT2D eigenvalue weighted by Crippen LogP contribution is -2.32. The van der Waals surface area contributed by atoms with Gasteiger partial charge in [0.15, 0.2) is 0 Å². The average molecular weight is 585 g/mol. The third-order valence-corrected chi connectivity index (χ3v) is 8.63. The SMILES string of the molecule is Fc1ccccc1-c1ccc(C(c2ccc(-c3ccccc3)cc2)(c2ccc(-c3ccccc3)cc2)c2ccccc2F)cc1. The predicted octanol–water partition coefficient (Wildman–Crippen LogP) is 11.3. The van der Waals surface area contributed by atoms with Crippen molar-refractivity contribution in [3.8, 4) is 33.4 Å². The third kappa shape index (κ3) is 5.25. The number of hydrogen-bond acceptors (Lipinski definition) is 0. The molecule has 0 N–H and O–H groups in total. The van der Waals surface area contributed by atoms with Crippen LogP contribution in [0.4, 0.5) is 8.78 Å². The van der Waals surface area contributed by atoms with Gasteiger partial charge in [0.2, 0.25) is 0 Å². The van der Waals surface area contributed by atoms with Crippen LogP contribution in [0.3, 0.4) is 0 Å². The Kier molecular flexibility index (Phi) is 7.63. The molecule has 216 valence electrons. The molecule has 0 saturated carbocycles. The van der Waals surface area contributed by atoms with Crippen LogP contribution in [0, 0.1) is 11.6 Å². The summed E-state index contributed by atoms with van der Waals surface area (Å²) in [7, 11) is 0. The van der Waals surface area contributed by atoms with Crippen LogP contribution in [0.5, 0.6) is 0 Å². The number of hydrogen-bond donors (Lipinski definition) is 0. The molecule has 0 radical (unpaired) electrons. The van der Waals surface area contributed by atoms with E-state index in [9.17, 15) is 4.39 Å². The van der Waals surface area contributed by atoms with Crippen molar-refractivity contribution >= 4 is 0 Å². The highest BCUT2D eigenvalue weighted by atomic mass is 19.1. The zero-order valence-electron chi connectivity index (χ0n) is 24.6. The fraction of sp³-hybridized carbons (Fsp3) is 0.0233. The van der Waals surface area contributed by atoms with Gasteiger partial charge in [-0.15, -0.1) is 0 Å². The molecule has 7 rings (SSSR count). The summed E-state index contributed by atoms with van der Waals surface area (Å²) in [5.74, 6) is -0.575. The predicted molar refractivity (Wildman–Crippen MR) is 181 cm³/mol. The van der Waals surface area contributed by atoms with Crippen molar-refractivity contribution in [2.75, 3.05) is 0 Å². The lowest BCUT2D eigenvalue weighted by Gasteiger charge is -2.37. The van der Waals surface area contributed by atoms with Gasteiger partial charge in [-0.25, -0.2) is 8.78 Å². The van der Waals surface area contributed by atoms with E-state index in [0.29, 0.717) is 11.1 Å². The van der Waals surface area contributed by atoms with Gasteiger partial charge in [0.05, 0.1) is 5.41 Å². The van der Waals surface area contributed by atoms with Crippen LogP contribution in [0.15, 0.2) is 182 Å². The van der Waals surface area contributed by atoms with Gasteiger partial charge in [0.1, 0.15) is 11.6 Å². The van der Waals surface area contributed by atoms with Crippen molar-refractivity contribution in [1.82, 2.24) is 0 Å². The number of halogens is 2. The van der Waals surface area contributed by atoms with Crippen molar-refractivity contribution in [3.63, 3.8) is 0 Å². The minimum absolute atomic E-state index is 0.279. The zero-order chi connectivity index (χ0) is 30.6. The quantitative estimate of drug-likeness (QED) is 0.164. The number of rotatable bonds is 7. The first-order valence-electron chi connectivity index (χ1n) is 15.1. The van der Waals surface area contributed by atoms with Crippen LogP contribution in [-0.4, -0.2) is 0 Å². The Balaban J connectivity index is 1.47. The molecule has 0 fully saturated rings. The van der Waals surface area contributed by atoms with E-state index in [-0.39, 0.29) is 11.6 Å². The van der Waals surface area contributed by atoms with Crippen LogP contribution in [-0.2, 0) is 5.41 Å². The van der Waals surface area contributed by atoms with E-state index in [1.54, 1.807) is 18.2 Å². The molecule has 0 aliphatic carbocycles. The molecular formula is C43H30F2. The Morgan fingerprint density at radius 2 is 0.644 bits per heavy atom. The second-order valence-electron chi connectivity index (χ2n) is 11.2. The van der Waals surface area contributed by atoms with Crippen LogP contribution < -0.4 is 0 Å². The van der Waals surface area contributed by atoms with Gasteiger partial charge < -0.3 is 0 Å². The summed E-state index contributed by atoms with van der Waals surface area (Å²) in [4.78, 5) is 0. The largest absolute Gasteiger partial charge is 0.207 e. The van der Waals surface area contributed by atoms with E-state index in [0.717, 1.165) is 44.5 Å². The van der Waals surface area contributed by atoms with Gasteiger partial charge in [-0.05, 0) is 56.6 Å². The standard InChI is InChI=1S/C43H30F2/c44-41-17-9-7-15-39(41)35-23-29-38(30-24-35)43(40-16-8-10-18-42(40)45,36-25-19-33(20-26-36)31-11-3-1-4-12-31)37-27-21-34(22-28-37)32-13-5-2-6-14-32/h1-30H. The summed E-state index contributed by atoms with van der Waals surface area (Å²) >= 11 is 0. The molecule has 7 aromatic rings. The topological polar surface area (TPSA) is 0 Å². The Bertz CT molecular complexity index is 1940. The average Bonchev–Trinajstić information content (AvgIpc) is 3.11. The van der Waals surface area contributed by atoms with Crippen LogP contribution in [0.1, 0.15) is 22.3 Å². The highest BCUT2D eigenvalue weighted by molar-refractivity contribution is 5.71. The second-order valence-corrected chi connectivity index (χ2v) is 11.2. The summed E-state index contributed by atoms with van der Waals surface area (Å²) in [6.45, 7) is 0. The van der Waals surface area contributed by atoms with Crippen LogP contribution in [0.25, 0.3) is 33.4 Å². The van der Waals surface area contributed by atoms with E-state index in [4.69, 9.17) is 0 Å². The Labute approximate surface area is 262 Å². The monoisotopic (exact) mass is 584 g/mol. The van der Waals surface area contributed by atoms with E-state index in [2.05, 4.69) is 72.8 Å². The van der Waals surface area contributed by atoms with Crippen molar-refractivity contribution in [1.29, 1.82) is 0 Å². The van der Waals surface area contributed by atoms with E-state index < -0.39 is 5.41 Å². The molecule has 0 aliphatic rings. The molecule has 0 unspecified atom stereocenters. The van der Waals surface area contributed by atoms with Crippen molar-refractivity contribution in [3.05, 3.63) is 216 Å². The Morgan fingerprint density at radius 1 is 0.289 bits per heavy atom. The lowest BCUT2D eigenvalue weighted by molar-refractivity contribution is 0.581. The highest BCUT2D eigenvalue weighted by Crippen LogP contribution is 2.47. The first kappa shape index (κ1) is 28.2. The molecule has 0 aliphatic heterocycles. The number of benzene rings is 7. The van der Waals surface area contributed by atoms with Gasteiger partial charge in [0, 0.05) is 11.1 Å². The molecule has 0 bridgehead atoms. The van der Waals surface area contributed by atoms with Gasteiger partial charge in [-0.3, -0.25) is 0 Å². The minimum atomic E-state index is -0.996. The first-order chi connectivity index (χ1) is 22.1. The van der Waals surface area contributed by atoms with Crippen molar-refractivity contribution in [2.45, 2.75) is 5.41 Å². The van der Waals surface area contributed by atoms with Gasteiger partial charge in [0.25, 0.3) is 0 Å². The third-order valence-electron chi connectivity index (χ3n) is 8.63. The minimum Gasteiger partial charge on any atom is -0.207 e. The molecule has 0 amide bonds. The van der Waals surface area contributed by atoms with E-state index in [1.807, 2.05) is 78.9 Å². The van der Waals surface area contributed by atoms with Crippen molar-refractivity contribution < 1.29 is 8.78 Å². The van der Waals surface area contributed by atoms with Gasteiger partial charge in [-0.1, -0.05) is 170 Å². The summed E-state index contributed by atoms with van der Waals surface area (Å²) in [6.07, 6.45) is 0. The van der Waals surface area contributed by atoms with Gasteiger partial charge in [-0.2, -0.15) is 0 Å². The molecular weight excluding hydrogens is 554 g/mol. The normalized spacial score (nSPS) is 11.3. The van der Waals surface area contributed by atoms with Gasteiger partial charge >= 0.3 is 0 Å². The molecule has 2 heteroatoms. The molecule has 0 spiro atoms. The zero-order valence-corrected chi connectivity index (χ0v) is 24.6. The summed E-state index contributed by atoms with van der Waals surface area (Å²) in [5, 5.41) is 0. The molecule has 0 atom stereocenters. The summed E-state index contributed by atoms with van der Waals surface area (Å²) in [5.41, 5.74) is 7.96. The van der Waals surface area contributed by atoms with Crippen LogP contribution in [0.2, 0.25) is 0 Å². The Morgan fingerprint density at radius 3 is 1.09 bits per heavy atom. The maximum atomic E-state index is 16.2. The van der Waals surface area contributed by atoms with Crippen molar-refractivity contribution in [2.24, 2.45) is 0 Å². The fourth-order valence-corrected chi connectivity index (χ4v) is 6.41. The molecule has 0 heterocycles. The smallest absolute Gasteiger partial charge is 0.131 e. The summed E-state index contributed by atoms with van der Waals surface area (Å²) < 4.78 is 30.9. The summed E-state index contributed by atoms with van der Waals surface area (Å²) in [6, 6.07) is 58.9. The van der Waals surface area contributed by atoms with E-state index >= 15 is 4.39 Å². The first-order valence-corrected chi connectivity index (χ1v) is 15.1. The molecule has 0 saturated heterocycles. The highest BCUT2D eigenvalue weighted by Gasteiger charge is 2.40. The maximum Gasteiger partial charge on any atom is 0.131 e. The second kappa shape index (κ2) is 12.2. The molecule has 45 heavy (non-hydrogen) atoms. The Hall–Kier alpha value is -5.60. The molecule has 0 aromatic heterocycles. The molecule has 7 aromatic carbocycles. The maximum absolute atomic E-state index is 16.2. The fourth-order valence-electron chi connectivity index (χ4n) is 6.41.